The number of hydrogen-bond acceptors (Lipinski definition) is 2. The second-order valence-electron chi connectivity index (χ2n) is 6.56. The summed E-state index contributed by atoms with van der Waals surface area (Å²) >= 11 is 3.36. The Labute approximate surface area is 145 Å². The van der Waals surface area contributed by atoms with E-state index in [9.17, 15) is 4.79 Å². The predicted molar refractivity (Wildman–Crippen MR) is 95.0 cm³/mol. The molecular formula is C19H21BrO3. The van der Waals surface area contributed by atoms with E-state index in [-0.39, 0.29) is 11.8 Å². The molecule has 0 atom stereocenters. The summed E-state index contributed by atoms with van der Waals surface area (Å²) < 4.78 is 6.66. The van der Waals surface area contributed by atoms with Crippen LogP contribution in [0.5, 0.6) is 5.75 Å². The Morgan fingerprint density at radius 3 is 2.35 bits per heavy atom. The zero-order chi connectivity index (χ0) is 17.0. The molecule has 2 aromatic carbocycles. The first-order valence-electron chi connectivity index (χ1n) is 7.48. The Morgan fingerprint density at radius 2 is 1.78 bits per heavy atom. The van der Waals surface area contributed by atoms with Gasteiger partial charge in [-0.15, -0.1) is 0 Å². The second-order valence-corrected chi connectivity index (χ2v) is 7.47. The van der Waals surface area contributed by atoms with Gasteiger partial charge in [0.15, 0.2) is 0 Å². The third kappa shape index (κ3) is 5.10. The van der Waals surface area contributed by atoms with Crippen molar-refractivity contribution in [3.05, 3.63) is 63.6 Å². The van der Waals surface area contributed by atoms with Crippen molar-refractivity contribution >= 4 is 21.9 Å². The highest BCUT2D eigenvalue weighted by molar-refractivity contribution is 9.10. The van der Waals surface area contributed by atoms with Crippen LogP contribution in [0.1, 0.15) is 37.5 Å². The van der Waals surface area contributed by atoms with Crippen molar-refractivity contribution in [3.63, 3.8) is 0 Å². The van der Waals surface area contributed by atoms with Crippen molar-refractivity contribution in [1.82, 2.24) is 0 Å². The normalized spacial score (nSPS) is 11.3. The molecule has 0 fully saturated rings. The van der Waals surface area contributed by atoms with E-state index < -0.39 is 5.97 Å². The van der Waals surface area contributed by atoms with Crippen LogP contribution in [0.15, 0.2) is 46.9 Å². The average Bonchev–Trinajstić information content (AvgIpc) is 2.45. The Hall–Kier alpha value is -1.81. The van der Waals surface area contributed by atoms with Crippen molar-refractivity contribution in [3.8, 4) is 5.75 Å². The number of carbonyl (C=O) groups is 1. The van der Waals surface area contributed by atoms with Crippen LogP contribution < -0.4 is 4.74 Å². The minimum atomic E-state index is -0.873. The van der Waals surface area contributed by atoms with Crippen LogP contribution in [0, 0.1) is 0 Å². The minimum Gasteiger partial charge on any atom is -0.489 e. The first-order valence-corrected chi connectivity index (χ1v) is 8.27. The summed E-state index contributed by atoms with van der Waals surface area (Å²) in [7, 11) is 0. The van der Waals surface area contributed by atoms with Crippen molar-refractivity contribution in [2.45, 2.75) is 39.2 Å². The maximum atomic E-state index is 11.0. The van der Waals surface area contributed by atoms with Gasteiger partial charge in [0.2, 0.25) is 0 Å². The summed E-state index contributed by atoms with van der Waals surface area (Å²) in [4.78, 5) is 11.0. The van der Waals surface area contributed by atoms with Gasteiger partial charge in [-0.25, -0.2) is 0 Å². The lowest BCUT2D eigenvalue weighted by molar-refractivity contribution is -0.136. The van der Waals surface area contributed by atoms with E-state index in [4.69, 9.17) is 9.84 Å². The molecule has 23 heavy (non-hydrogen) atoms. The molecule has 122 valence electrons. The monoisotopic (exact) mass is 376 g/mol. The Bertz CT molecular complexity index is 685. The zero-order valence-electron chi connectivity index (χ0n) is 13.6. The third-order valence-electron chi connectivity index (χ3n) is 3.58. The molecular weight excluding hydrogens is 356 g/mol. The second kappa shape index (κ2) is 7.18. The van der Waals surface area contributed by atoms with Crippen LogP contribution in [-0.4, -0.2) is 11.1 Å². The van der Waals surface area contributed by atoms with E-state index in [1.54, 1.807) is 12.1 Å². The number of halogens is 1. The van der Waals surface area contributed by atoms with Gasteiger partial charge in [-0.05, 0) is 34.7 Å². The van der Waals surface area contributed by atoms with Gasteiger partial charge in [0.05, 0.1) is 6.42 Å². The summed E-state index contributed by atoms with van der Waals surface area (Å²) in [5.41, 5.74) is 3.12. The predicted octanol–water partition coefficient (Wildman–Crippen LogP) is 4.95. The number of rotatable bonds is 5. The summed E-state index contributed by atoms with van der Waals surface area (Å²) in [6, 6.07) is 13.8. The van der Waals surface area contributed by atoms with Crippen molar-refractivity contribution in [1.29, 1.82) is 0 Å². The molecule has 0 aliphatic heterocycles. The largest absolute Gasteiger partial charge is 0.489 e. The maximum Gasteiger partial charge on any atom is 0.307 e. The van der Waals surface area contributed by atoms with Crippen molar-refractivity contribution in [2.75, 3.05) is 0 Å². The van der Waals surface area contributed by atoms with Crippen LogP contribution in [0.3, 0.4) is 0 Å². The summed E-state index contributed by atoms with van der Waals surface area (Å²) in [6.45, 7) is 6.95. The van der Waals surface area contributed by atoms with E-state index in [1.807, 2.05) is 6.07 Å². The first-order chi connectivity index (χ1) is 10.8. The molecule has 4 heteroatoms. The van der Waals surface area contributed by atoms with Crippen molar-refractivity contribution in [2.24, 2.45) is 0 Å². The van der Waals surface area contributed by atoms with E-state index in [0.717, 1.165) is 10.0 Å². The molecule has 0 spiro atoms. The van der Waals surface area contributed by atoms with Gasteiger partial charge < -0.3 is 9.84 Å². The molecule has 1 N–H and O–H groups in total. The lowest BCUT2D eigenvalue weighted by Crippen LogP contribution is -2.11. The third-order valence-corrected chi connectivity index (χ3v) is 4.07. The molecule has 0 amide bonds. The van der Waals surface area contributed by atoms with Crippen LogP contribution in [0.4, 0.5) is 0 Å². The van der Waals surface area contributed by atoms with Gasteiger partial charge >= 0.3 is 5.97 Å². The van der Waals surface area contributed by atoms with Gasteiger partial charge in [-0.3, -0.25) is 4.79 Å². The van der Waals surface area contributed by atoms with Gasteiger partial charge in [0.25, 0.3) is 0 Å². The van der Waals surface area contributed by atoms with E-state index in [0.29, 0.717) is 17.9 Å². The number of aliphatic carboxylic acids is 1. The molecule has 0 bridgehead atoms. The molecule has 0 saturated heterocycles. The standard InChI is InChI=1S/C19H21BrO3/c1-19(2,3)15-6-4-13(5-7-15)12-23-17-9-8-16(20)10-14(17)11-18(21)22/h4-10H,11-12H2,1-3H3,(H,21,22). The first kappa shape index (κ1) is 17.5. The molecule has 0 aliphatic rings. The Balaban J connectivity index is 2.10. The SMILES string of the molecule is CC(C)(C)c1ccc(COc2ccc(Br)cc2CC(=O)O)cc1. The lowest BCUT2D eigenvalue weighted by atomic mass is 9.87. The molecule has 0 aromatic heterocycles. The summed E-state index contributed by atoms with van der Waals surface area (Å²) in [5, 5.41) is 9.00. The minimum absolute atomic E-state index is 0.0578. The van der Waals surface area contributed by atoms with Crippen LogP contribution in [0.2, 0.25) is 0 Å². The molecule has 2 rings (SSSR count). The van der Waals surface area contributed by atoms with Crippen LogP contribution >= 0.6 is 15.9 Å². The number of hydrogen-bond donors (Lipinski definition) is 1. The number of carboxylic acids is 1. The molecule has 3 nitrogen and oxygen atoms in total. The van der Waals surface area contributed by atoms with Crippen LogP contribution in [0.25, 0.3) is 0 Å². The highest BCUT2D eigenvalue weighted by Crippen LogP contribution is 2.26. The maximum absolute atomic E-state index is 11.0. The topological polar surface area (TPSA) is 46.5 Å². The highest BCUT2D eigenvalue weighted by atomic mass is 79.9. The van der Waals surface area contributed by atoms with E-state index in [1.165, 1.54) is 5.56 Å². The summed E-state index contributed by atoms with van der Waals surface area (Å²) in [6.07, 6.45) is -0.0578. The number of carboxylic acid groups (broad SMARTS) is 1. The number of ether oxygens (including phenoxy) is 1. The molecule has 0 unspecified atom stereocenters. The quantitative estimate of drug-likeness (QED) is 0.802. The fourth-order valence-corrected chi connectivity index (χ4v) is 2.66. The average molecular weight is 377 g/mol. The van der Waals surface area contributed by atoms with Gasteiger partial charge in [0, 0.05) is 10.0 Å². The Kier molecular flexibility index (Phi) is 5.47. The number of benzene rings is 2. The van der Waals surface area contributed by atoms with Crippen LogP contribution in [-0.2, 0) is 23.2 Å². The Morgan fingerprint density at radius 1 is 1.13 bits per heavy atom. The smallest absolute Gasteiger partial charge is 0.307 e. The molecule has 0 saturated carbocycles. The fraction of sp³-hybridized carbons (Fsp3) is 0.316. The zero-order valence-corrected chi connectivity index (χ0v) is 15.2. The lowest BCUT2D eigenvalue weighted by Gasteiger charge is -2.19. The fourth-order valence-electron chi connectivity index (χ4n) is 2.25. The molecule has 0 radical (unpaired) electrons. The van der Waals surface area contributed by atoms with Gasteiger partial charge in [-0.2, -0.15) is 0 Å². The van der Waals surface area contributed by atoms with E-state index in [2.05, 4.69) is 61.0 Å². The van der Waals surface area contributed by atoms with Crippen molar-refractivity contribution < 1.29 is 14.6 Å². The molecule has 0 heterocycles. The molecule has 2 aromatic rings. The van der Waals surface area contributed by atoms with Gasteiger partial charge in [0.1, 0.15) is 12.4 Å². The molecule has 0 aliphatic carbocycles. The van der Waals surface area contributed by atoms with E-state index >= 15 is 0 Å². The summed E-state index contributed by atoms with van der Waals surface area (Å²) in [5.74, 6) is -0.266. The highest BCUT2D eigenvalue weighted by Gasteiger charge is 2.13. The van der Waals surface area contributed by atoms with Gasteiger partial charge in [-0.1, -0.05) is 61.0 Å².